The van der Waals surface area contributed by atoms with Gasteiger partial charge in [0.25, 0.3) is 26.5 Å². The zero-order chi connectivity index (χ0) is 27.6. The summed E-state index contributed by atoms with van der Waals surface area (Å²) in [6.07, 6.45) is -1.09. The van der Waals surface area contributed by atoms with E-state index < -0.39 is 44.8 Å². The molecule has 0 saturated carbocycles. The normalized spacial score (nSPS) is 20.3. The van der Waals surface area contributed by atoms with Crippen molar-refractivity contribution in [3.8, 4) is 45.5 Å². The molecule has 3 heterocycles. The van der Waals surface area contributed by atoms with Gasteiger partial charge >= 0.3 is 5.69 Å². The van der Waals surface area contributed by atoms with Gasteiger partial charge in [0, 0.05) is 11.1 Å². The van der Waals surface area contributed by atoms with Crippen LogP contribution in [0.25, 0.3) is 22.3 Å². The molecule has 40 heavy (non-hydrogen) atoms. The molecule has 2 aliphatic rings. The molecule has 0 fully saturated rings. The molecule has 1 aromatic heterocycles. The Morgan fingerprint density at radius 3 is 1.32 bits per heavy atom. The Morgan fingerprint density at radius 2 is 0.900 bits per heavy atom. The van der Waals surface area contributed by atoms with Gasteiger partial charge in [-0.3, -0.25) is 9.13 Å². The minimum absolute atomic E-state index is 0.385. The molecule has 11 heteroatoms. The van der Waals surface area contributed by atoms with E-state index in [4.69, 9.17) is 9.05 Å². The van der Waals surface area contributed by atoms with Crippen molar-refractivity contribution < 1.29 is 28.4 Å². The lowest BCUT2D eigenvalue weighted by Crippen LogP contribution is -2.30. The molecule has 7 rings (SSSR count). The van der Waals surface area contributed by atoms with Crippen molar-refractivity contribution in [1.82, 2.24) is 9.13 Å². The fraction of sp³-hybridized carbons (Fsp3) is 0.0690. The Kier molecular flexibility index (Phi) is 5.40. The van der Waals surface area contributed by atoms with E-state index in [0.717, 1.165) is 20.3 Å². The molecule has 0 amide bonds. The summed E-state index contributed by atoms with van der Waals surface area (Å²) in [6.45, 7) is 0. The highest BCUT2D eigenvalue weighted by molar-refractivity contribution is 7.67. The van der Waals surface area contributed by atoms with E-state index in [0.29, 0.717) is 33.2 Å². The third-order valence-electron chi connectivity index (χ3n) is 7.22. The Hall–Kier alpha value is -4.45. The molecule has 0 spiro atoms. The highest BCUT2D eigenvalue weighted by Gasteiger charge is 2.41. The molecule has 4 aromatic carbocycles. The minimum atomic E-state index is -3.80. The molecular formula is C29H22N2O7P2. The van der Waals surface area contributed by atoms with Gasteiger partial charge in [0.15, 0.2) is 0 Å². The molecule has 5 aromatic rings. The van der Waals surface area contributed by atoms with Crippen molar-refractivity contribution in [3.63, 3.8) is 0 Å². The van der Waals surface area contributed by atoms with Gasteiger partial charge in [0.1, 0.15) is 24.1 Å². The van der Waals surface area contributed by atoms with Gasteiger partial charge in [-0.25, -0.2) is 13.9 Å². The summed E-state index contributed by atoms with van der Waals surface area (Å²) in [5.41, 5.74) is 2.00. The maximum atomic E-state index is 14.3. The Morgan fingerprint density at radius 1 is 0.550 bits per heavy atom. The standard InChI is InChI=1S/C29H22N2O7P2/c32-27-28(33)31(18-40(36)26-16-8-4-12-22(26)20-10-2-6-14-24(20)38-40)29(34)30(27)17-39(35)25-15-7-3-11-21(25)19-9-1-5-13-23(19)37-39/h1-16,32-33H,17-18H2. The number of hydrogen-bond acceptors (Lipinski definition) is 7. The van der Waals surface area contributed by atoms with Gasteiger partial charge in [0.2, 0.25) is 0 Å². The highest BCUT2D eigenvalue weighted by Crippen LogP contribution is 2.58. The monoisotopic (exact) mass is 572 g/mol. The topological polar surface area (TPSA) is 120 Å². The number of nitrogens with zero attached hydrogens (tertiary/aromatic N) is 2. The average molecular weight is 572 g/mol. The molecule has 0 bridgehead atoms. The van der Waals surface area contributed by atoms with Crippen molar-refractivity contribution >= 4 is 25.3 Å². The molecular weight excluding hydrogens is 550 g/mol. The van der Waals surface area contributed by atoms with Gasteiger partial charge in [-0.05, 0) is 35.4 Å². The summed E-state index contributed by atoms with van der Waals surface area (Å²) in [5.74, 6) is -0.845. The van der Waals surface area contributed by atoms with Gasteiger partial charge in [-0.2, -0.15) is 0 Å². The maximum Gasteiger partial charge on any atom is 0.335 e. The predicted molar refractivity (Wildman–Crippen MR) is 152 cm³/mol. The van der Waals surface area contributed by atoms with Crippen LogP contribution < -0.4 is 25.3 Å². The lowest BCUT2D eigenvalue weighted by Gasteiger charge is -2.29. The van der Waals surface area contributed by atoms with Crippen molar-refractivity contribution in [1.29, 1.82) is 0 Å². The Labute approximate surface area is 228 Å². The average Bonchev–Trinajstić information content (AvgIpc) is 3.16. The van der Waals surface area contributed by atoms with Gasteiger partial charge in [0.05, 0.1) is 10.6 Å². The van der Waals surface area contributed by atoms with E-state index in [9.17, 15) is 24.1 Å². The van der Waals surface area contributed by atoms with Crippen LogP contribution in [0.1, 0.15) is 0 Å². The van der Waals surface area contributed by atoms with E-state index in [2.05, 4.69) is 0 Å². The molecule has 0 saturated heterocycles. The minimum Gasteiger partial charge on any atom is -0.491 e. The summed E-state index contributed by atoms with van der Waals surface area (Å²) in [4.78, 5) is 13.6. The van der Waals surface area contributed by atoms with Gasteiger partial charge in [-0.1, -0.05) is 72.8 Å². The third kappa shape index (κ3) is 3.59. The molecule has 2 atom stereocenters. The first-order chi connectivity index (χ1) is 19.3. The van der Waals surface area contributed by atoms with E-state index in [1.54, 1.807) is 48.5 Å². The lowest BCUT2D eigenvalue weighted by atomic mass is 10.0. The number of hydrogen-bond donors (Lipinski definition) is 2. The summed E-state index contributed by atoms with van der Waals surface area (Å²) in [6, 6.07) is 28.3. The fourth-order valence-corrected chi connectivity index (χ4v) is 9.93. The lowest BCUT2D eigenvalue weighted by molar-refractivity contribution is 0.360. The molecule has 0 radical (unpaired) electrons. The van der Waals surface area contributed by atoms with E-state index in [-0.39, 0.29) is 0 Å². The maximum absolute atomic E-state index is 14.3. The van der Waals surface area contributed by atoms with Crippen molar-refractivity contribution in [2.24, 2.45) is 0 Å². The third-order valence-corrected chi connectivity index (χ3v) is 11.8. The molecule has 9 nitrogen and oxygen atoms in total. The SMILES string of the molecule is O=c1n(CP2(=O)Oc3ccccc3-c3ccccc32)c(O)c(O)n1CP1(=O)Oc2ccccc2-c2ccccc21. The van der Waals surface area contributed by atoms with Crippen LogP contribution in [-0.2, 0) is 21.7 Å². The largest absolute Gasteiger partial charge is 0.491 e. The van der Waals surface area contributed by atoms with Crippen molar-refractivity contribution in [2.75, 3.05) is 0 Å². The van der Waals surface area contributed by atoms with Crippen LogP contribution in [-0.4, -0.2) is 19.3 Å². The van der Waals surface area contributed by atoms with Gasteiger partial charge < -0.3 is 19.3 Å². The van der Waals surface area contributed by atoms with Crippen LogP contribution in [0, 0.1) is 0 Å². The second-order valence-corrected chi connectivity index (χ2v) is 14.2. The van der Waals surface area contributed by atoms with E-state index >= 15 is 0 Å². The second kappa shape index (κ2) is 8.78. The summed E-state index contributed by atoms with van der Waals surface area (Å²) >= 11 is 0. The van der Waals surface area contributed by atoms with Crippen molar-refractivity contribution in [3.05, 3.63) is 108 Å². The number of benzene rings is 4. The fourth-order valence-electron chi connectivity index (χ4n) is 5.36. The van der Waals surface area contributed by atoms with Crippen LogP contribution in [0.15, 0.2) is 102 Å². The Balaban J connectivity index is 1.30. The number of imidazole rings is 1. The number of para-hydroxylation sites is 2. The van der Waals surface area contributed by atoms with E-state index in [1.165, 1.54) is 0 Å². The van der Waals surface area contributed by atoms with Crippen LogP contribution in [0.3, 0.4) is 0 Å². The number of aromatic hydroxyl groups is 2. The summed E-state index contributed by atoms with van der Waals surface area (Å²) in [5, 5.41) is 22.5. The zero-order valence-corrected chi connectivity index (χ0v) is 22.7. The van der Waals surface area contributed by atoms with Crippen molar-refractivity contribution in [2.45, 2.75) is 12.6 Å². The number of fused-ring (bicyclic) bond motifs is 6. The molecule has 2 unspecified atom stereocenters. The summed E-state index contributed by atoms with van der Waals surface area (Å²) < 4.78 is 42.1. The smallest absolute Gasteiger partial charge is 0.335 e. The number of aromatic nitrogens is 2. The number of rotatable bonds is 4. The molecule has 200 valence electrons. The first-order valence-electron chi connectivity index (χ1n) is 12.5. The van der Waals surface area contributed by atoms with Crippen LogP contribution in [0.2, 0.25) is 0 Å². The van der Waals surface area contributed by atoms with E-state index in [1.807, 2.05) is 48.5 Å². The molecule has 2 N–H and O–H groups in total. The van der Waals surface area contributed by atoms with Crippen LogP contribution in [0.4, 0.5) is 0 Å². The zero-order valence-electron chi connectivity index (χ0n) is 20.9. The summed E-state index contributed by atoms with van der Waals surface area (Å²) in [7, 11) is -7.59. The molecule has 0 aliphatic carbocycles. The predicted octanol–water partition coefficient (Wildman–Crippen LogP) is 5.30. The Bertz CT molecular complexity index is 1860. The highest BCUT2D eigenvalue weighted by atomic mass is 31.2. The van der Waals surface area contributed by atoms with Crippen LogP contribution >= 0.6 is 14.7 Å². The first-order valence-corrected chi connectivity index (χ1v) is 16.1. The van der Waals surface area contributed by atoms with Gasteiger partial charge in [-0.15, -0.1) is 0 Å². The molecule has 2 aliphatic heterocycles. The quantitative estimate of drug-likeness (QED) is 0.281. The first kappa shape index (κ1) is 24.6. The van der Waals surface area contributed by atoms with Crippen LogP contribution in [0.5, 0.6) is 23.3 Å². The second-order valence-electron chi connectivity index (χ2n) is 9.62.